The summed E-state index contributed by atoms with van der Waals surface area (Å²) in [4.78, 5) is 11.4. The lowest BCUT2D eigenvalue weighted by molar-refractivity contribution is 0.555. The minimum Gasteiger partial charge on any atom is -0.406 e. The molecule has 0 saturated heterocycles. The van der Waals surface area contributed by atoms with Crippen molar-refractivity contribution in [3.8, 4) is 0 Å². The number of rotatable bonds is 0. The molecule has 1 heterocycles. The molecule has 0 amide bonds. The van der Waals surface area contributed by atoms with E-state index in [0.29, 0.717) is 5.58 Å². The summed E-state index contributed by atoms with van der Waals surface area (Å²) in [6.07, 6.45) is 0. The van der Waals surface area contributed by atoms with Crippen molar-refractivity contribution in [3.05, 3.63) is 46.9 Å². The Morgan fingerprint density at radius 1 is 1.13 bits per heavy atom. The van der Waals surface area contributed by atoms with Gasteiger partial charge in [0.2, 0.25) is 0 Å². The minimum atomic E-state index is -0.332. The molecule has 0 spiro atoms. The van der Waals surface area contributed by atoms with Crippen molar-refractivity contribution in [2.75, 3.05) is 0 Å². The van der Waals surface area contributed by atoms with Gasteiger partial charge in [-0.15, -0.1) is 0 Å². The quantitative estimate of drug-likeness (QED) is 0.598. The molecule has 3 aromatic rings. The molecular formula is C11H6INO2. The Kier molecular flexibility index (Phi) is 1.85. The van der Waals surface area contributed by atoms with Crippen molar-refractivity contribution in [2.24, 2.45) is 0 Å². The van der Waals surface area contributed by atoms with Gasteiger partial charge < -0.3 is 4.42 Å². The molecule has 0 saturated carbocycles. The van der Waals surface area contributed by atoms with Gasteiger partial charge in [-0.05, 0) is 11.5 Å². The van der Waals surface area contributed by atoms with E-state index >= 15 is 0 Å². The van der Waals surface area contributed by atoms with Crippen molar-refractivity contribution in [2.45, 2.75) is 0 Å². The van der Waals surface area contributed by atoms with Gasteiger partial charge in [-0.3, -0.25) is 0 Å². The van der Waals surface area contributed by atoms with Crippen molar-refractivity contribution in [1.82, 2.24) is 2.78 Å². The van der Waals surface area contributed by atoms with Gasteiger partial charge in [0.15, 0.2) is 5.58 Å². The summed E-state index contributed by atoms with van der Waals surface area (Å²) in [6.45, 7) is 0. The lowest BCUT2D eigenvalue weighted by Gasteiger charge is -1.96. The zero-order valence-corrected chi connectivity index (χ0v) is 9.76. The summed E-state index contributed by atoms with van der Waals surface area (Å²) in [6, 6.07) is 11.7. The molecule has 0 bridgehead atoms. The van der Waals surface area contributed by atoms with Crippen LogP contribution < -0.4 is 5.76 Å². The maximum Gasteiger partial charge on any atom is 0.429 e. The van der Waals surface area contributed by atoms with E-state index in [9.17, 15) is 4.79 Å². The fourth-order valence-corrected chi connectivity index (χ4v) is 2.20. The molecule has 0 aliphatic rings. The van der Waals surface area contributed by atoms with Gasteiger partial charge in [-0.2, -0.15) is 0 Å². The molecule has 1 aromatic heterocycles. The zero-order valence-electron chi connectivity index (χ0n) is 7.61. The van der Waals surface area contributed by atoms with Gasteiger partial charge in [-0.25, -0.2) is 7.58 Å². The second-order valence-corrected chi connectivity index (χ2v) is 4.25. The highest BCUT2D eigenvalue weighted by atomic mass is 127. The molecule has 0 aliphatic carbocycles. The van der Waals surface area contributed by atoms with Gasteiger partial charge in [-0.1, -0.05) is 30.3 Å². The maximum absolute atomic E-state index is 11.4. The molecule has 0 atom stereocenters. The first-order valence-electron chi connectivity index (χ1n) is 4.47. The van der Waals surface area contributed by atoms with Crippen LogP contribution in [0, 0.1) is 0 Å². The number of benzene rings is 2. The molecule has 15 heavy (non-hydrogen) atoms. The predicted molar refractivity (Wildman–Crippen MR) is 67.4 cm³/mol. The average Bonchev–Trinajstić information content (AvgIpc) is 2.56. The molecule has 0 N–H and O–H groups in total. The summed E-state index contributed by atoms with van der Waals surface area (Å²) < 4.78 is 6.70. The van der Waals surface area contributed by atoms with Crippen LogP contribution in [-0.2, 0) is 0 Å². The normalized spacial score (nSPS) is 11.3. The van der Waals surface area contributed by atoms with E-state index in [-0.39, 0.29) is 5.76 Å². The van der Waals surface area contributed by atoms with Crippen LogP contribution in [0.5, 0.6) is 0 Å². The Morgan fingerprint density at radius 2 is 1.93 bits per heavy atom. The second kappa shape index (κ2) is 3.10. The van der Waals surface area contributed by atoms with Crippen molar-refractivity contribution >= 4 is 44.7 Å². The lowest BCUT2D eigenvalue weighted by atomic mass is 10.1. The predicted octanol–water partition coefficient (Wildman–Crippen LogP) is 2.95. The zero-order chi connectivity index (χ0) is 10.4. The smallest absolute Gasteiger partial charge is 0.406 e. The van der Waals surface area contributed by atoms with Crippen molar-refractivity contribution < 1.29 is 4.42 Å². The number of oxazole rings is 1. The van der Waals surface area contributed by atoms with E-state index in [4.69, 9.17) is 4.42 Å². The Bertz CT molecular complexity index is 711. The highest BCUT2D eigenvalue weighted by molar-refractivity contribution is 14.1. The first kappa shape index (κ1) is 8.96. The maximum atomic E-state index is 11.4. The van der Waals surface area contributed by atoms with E-state index in [1.165, 1.54) is 2.78 Å². The van der Waals surface area contributed by atoms with E-state index < -0.39 is 0 Å². The summed E-state index contributed by atoms with van der Waals surface area (Å²) in [5, 5.41) is 2.05. The monoisotopic (exact) mass is 311 g/mol. The summed E-state index contributed by atoms with van der Waals surface area (Å²) in [5.41, 5.74) is 1.48. The molecule has 0 aliphatic heterocycles. The largest absolute Gasteiger partial charge is 0.429 e. The van der Waals surface area contributed by atoms with Crippen LogP contribution in [0.3, 0.4) is 0 Å². The van der Waals surface area contributed by atoms with Gasteiger partial charge in [0.1, 0.15) is 5.52 Å². The number of hydrogen-bond donors (Lipinski definition) is 0. The van der Waals surface area contributed by atoms with Crippen LogP contribution in [-0.4, -0.2) is 2.78 Å². The SMILES string of the molecule is O=c1oc2c3ccccc3ccc2n1I. The van der Waals surface area contributed by atoms with E-state index in [2.05, 4.69) is 0 Å². The third-order valence-electron chi connectivity index (χ3n) is 2.42. The highest BCUT2D eigenvalue weighted by Gasteiger charge is 2.09. The average molecular weight is 311 g/mol. The first-order chi connectivity index (χ1) is 7.27. The number of hydrogen-bond acceptors (Lipinski definition) is 2. The van der Waals surface area contributed by atoms with Crippen molar-refractivity contribution in [1.29, 1.82) is 0 Å². The number of aromatic nitrogens is 1. The summed E-state index contributed by atoms with van der Waals surface area (Å²) in [7, 11) is 0. The Morgan fingerprint density at radius 3 is 2.80 bits per heavy atom. The van der Waals surface area contributed by atoms with Crippen LogP contribution in [0.1, 0.15) is 0 Å². The van der Waals surface area contributed by atoms with Crippen molar-refractivity contribution in [3.63, 3.8) is 0 Å². The summed E-state index contributed by atoms with van der Waals surface area (Å²) in [5.74, 6) is -0.332. The third kappa shape index (κ3) is 1.21. The van der Waals surface area contributed by atoms with E-state index in [1.807, 2.05) is 59.3 Å². The third-order valence-corrected chi connectivity index (χ3v) is 3.33. The standard InChI is InChI=1S/C11H6INO2/c12-13-9-6-5-7-3-1-2-4-8(7)10(9)15-11(13)14/h1-6H. The molecule has 0 fully saturated rings. The van der Waals surface area contributed by atoms with Crippen LogP contribution in [0.15, 0.2) is 45.6 Å². The van der Waals surface area contributed by atoms with E-state index in [1.54, 1.807) is 0 Å². The van der Waals surface area contributed by atoms with Crippen LogP contribution >= 0.6 is 22.9 Å². The fourth-order valence-electron chi connectivity index (χ4n) is 1.72. The summed E-state index contributed by atoms with van der Waals surface area (Å²) >= 11 is 1.94. The van der Waals surface area contributed by atoms with Gasteiger partial charge in [0.25, 0.3) is 0 Å². The molecule has 0 radical (unpaired) electrons. The molecule has 4 heteroatoms. The van der Waals surface area contributed by atoms with Crippen LogP contribution in [0.4, 0.5) is 0 Å². The number of halogens is 1. The Hall–Kier alpha value is -1.30. The molecule has 74 valence electrons. The molecule has 2 aromatic carbocycles. The Balaban J connectivity index is 2.66. The molecule has 3 nitrogen and oxygen atoms in total. The van der Waals surface area contributed by atoms with Gasteiger partial charge in [0, 0.05) is 5.39 Å². The Labute approximate surface area is 98.8 Å². The number of fused-ring (bicyclic) bond motifs is 3. The van der Waals surface area contributed by atoms with Crippen LogP contribution in [0.25, 0.3) is 21.9 Å². The molecule has 3 rings (SSSR count). The minimum absolute atomic E-state index is 0.332. The second-order valence-electron chi connectivity index (χ2n) is 3.28. The van der Waals surface area contributed by atoms with Gasteiger partial charge in [0.05, 0.1) is 22.9 Å². The number of nitrogens with zero attached hydrogens (tertiary/aromatic N) is 1. The van der Waals surface area contributed by atoms with E-state index in [0.717, 1.165) is 16.3 Å². The fraction of sp³-hybridized carbons (Fsp3) is 0. The molecular weight excluding hydrogens is 305 g/mol. The first-order valence-corrected chi connectivity index (χ1v) is 5.43. The van der Waals surface area contributed by atoms with Gasteiger partial charge >= 0.3 is 5.76 Å². The van der Waals surface area contributed by atoms with Crippen LogP contribution in [0.2, 0.25) is 0 Å². The topological polar surface area (TPSA) is 35.1 Å². The lowest BCUT2D eigenvalue weighted by Crippen LogP contribution is -2.02. The molecule has 0 unspecified atom stereocenters. The highest BCUT2D eigenvalue weighted by Crippen LogP contribution is 2.25.